The molecule has 0 aliphatic heterocycles. The van der Waals surface area contributed by atoms with Crippen molar-refractivity contribution < 1.29 is 4.42 Å². The van der Waals surface area contributed by atoms with Gasteiger partial charge in [-0.25, -0.2) is 0 Å². The summed E-state index contributed by atoms with van der Waals surface area (Å²) in [4.78, 5) is 2.49. The largest absolute Gasteiger partial charge is 0.455 e. The molecule has 10 aromatic carbocycles. The third-order valence-electron chi connectivity index (χ3n) is 13.5. The van der Waals surface area contributed by atoms with Gasteiger partial charge in [0, 0.05) is 33.2 Å². The lowest BCUT2D eigenvalue weighted by Gasteiger charge is -2.36. The maximum Gasteiger partial charge on any atom is 0.143 e. The molecule has 0 unspecified atom stereocenters. The lowest BCUT2D eigenvalue weighted by atomic mass is 9.66. The van der Waals surface area contributed by atoms with Crippen LogP contribution in [-0.4, -0.2) is 0 Å². The third kappa shape index (κ3) is 5.13. The monoisotopic (exact) mass is 801 g/mol. The molecule has 2 heteroatoms. The molecule has 294 valence electrons. The molecule has 2 aliphatic rings. The summed E-state index contributed by atoms with van der Waals surface area (Å²) in [6.07, 6.45) is 0. The third-order valence-corrected chi connectivity index (χ3v) is 13.5. The Bertz CT molecular complexity index is 3510. The van der Waals surface area contributed by atoms with E-state index in [4.69, 9.17) is 4.42 Å². The molecule has 1 heterocycles. The number of fused-ring (bicyclic) bond motifs is 15. The number of rotatable bonds is 5. The Morgan fingerprint density at radius 2 is 0.778 bits per heavy atom. The van der Waals surface area contributed by atoms with Crippen molar-refractivity contribution in [2.24, 2.45) is 0 Å². The lowest BCUT2D eigenvalue weighted by Crippen LogP contribution is -2.29. The predicted molar refractivity (Wildman–Crippen MR) is 261 cm³/mol. The fourth-order valence-electron chi connectivity index (χ4n) is 11.0. The molecule has 0 saturated carbocycles. The van der Waals surface area contributed by atoms with E-state index in [1.165, 1.54) is 61.2 Å². The van der Waals surface area contributed by atoms with E-state index in [2.05, 4.69) is 235 Å². The van der Waals surface area contributed by atoms with Crippen molar-refractivity contribution in [1.82, 2.24) is 0 Å². The van der Waals surface area contributed by atoms with Gasteiger partial charge in [0.05, 0.1) is 16.8 Å². The molecule has 1 spiro atoms. The second-order valence-electron chi connectivity index (χ2n) is 16.7. The van der Waals surface area contributed by atoms with Crippen molar-refractivity contribution in [1.29, 1.82) is 0 Å². The summed E-state index contributed by atoms with van der Waals surface area (Å²) in [5.41, 5.74) is 21.7. The number of anilines is 3. The molecule has 0 saturated heterocycles. The predicted octanol–water partition coefficient (Wildman–Crippen LogP) is 16.4. The standard InChI is InChI=1S/C61H39NO/c1-2-18-40(19-3-1)43-20-9-14-33-56(43)62(42-38-36-41(37-39-42)44-27-16-28-50-49-25-10-15-35-58(49)63-60(44)50)57-34-17-32-55-59(57)51-26-8-13-31-54(51)61(55)52-29-11-6-23-47(52)45-21-4-5-22-46(45)48-24-7-12-30-53(48)61/h1-39H. The van der Waals surface area contributed by atoms with E-state index >= 15 is 0 Å². The molecule has 11 aromatic rings. The first kappa shape index (κ1) is 35.5. The number of furan rings is 1. The summed E-state index contributed by atoms with van der Waals surface area (Å²) in [5.74, 6) is 0. The molecular formula is C61H39NO. The highest BCUT2D eigenvalue weighted by atomic mass is 16.3. The first-order valence-corrected chi connectivity index (χ1v) is 21.8. The van der Waals surface area contributed by atoms with Gasteiger partial charge in [-0.1, -0.05) is 206 Å². The van der Waals surface area contributed by atoms with Crippen LogP contribution < -0.4 is 4.90 Å². The summed E-state index contributed by atoms with van der Waals surface area (Å²) < 4.78 is 6.53. The summed E-state index contributed by atoms with van der Waals surface area (Å²) in [7, 11) is 0. The second kappa shape index (κ2) is 13.9. The summed E-state index contributed by atoms with van der Waals surface area (Å²) in [6, 6.07) is 86.7. The molecule has 0 radical (unpaired) electrons. The van der Waals surface area contributed by atoms with Gasteiger partial charge in [0.2, 0.25) is 0 Å². The van der Waals surface area contributed by atoms with Gasteiger partial charge in [0.15, 0.2) is 0 Å². The Hall–Kier alpha value is -8.20. The van der Waals surface area contributed by atoms with Crippen LogP contribution in [0.25, 0.3) is 77.6 Å². The smallest absolute Gasteiger partial charge is 0.143 e. The highest BCUT2D eigenvalue weighted by Gasteiger charge is 2.50. The first-order valence-electron chi connectivity index (χ1n) is 21.8. The highest BCUT2D eigenvalue weighted by Crippen LogP contribution is 2.63. The zero-order chi connectivity index (χ0) is 41.5. The molecule has 0 atom stereocenters. The van der Waals surface area contributed by atoms with Crippen LogP contribution >= 0.6 is 0 Å². The topological polar surface area (TPSA) is 16.4 Å². The zero-order valence-electron chi connectivity index (χ0n) is 34.4. The molecule has 2 aliphatic carbocycles. The van der Waals surface area contributed by atoms with Crippen molar-refractivity contribution in [2.75, 3.05) is 4.90 Å². The molecule has 0 bridgehead atoms. The number of hydrogen-bond acceptors (Lipinski definition) is 2. The van der Waals surface area contributed by atoms with Crippen LogP contribution in [0.5, 0.6) is 0 Å². The van der Waals surface area contributed by atoms with Gasteiger partial charge in [-0.2, -0.15) is 0 Å². The Balaban J connectivity index is 1.09. The fraction of sp³-hybridized carbons (Fsp3) is 0.0164. The normalized spacial score (nSPS) is 12.9. The minimum absolute atomic E-state index is 0.589. The van der Waals surface area contributed by atoms with E-state index in [0.717, 1.165) is 55.7 Å². The maximum atomic E-state index is 6.53. The van der Waals surface area contributed by atoms with Crippen LogP contribution in [0.1, 0.15) is 22.3 Å². The lowest BCUT2D eigenvalue weighted by molar-refractivity contribution is 0.670. The molecule has 0 amide bonds. The van der Waals surface area contributed by atoms with Gasteiger partial charge in [-0.05, 0) is 91.5 Å². The Kier molecular flexibility index (Phi) is 7.85. The fourth-order valence-corrected chi connectivity index (χ4v) is 11.0. The molecule has 0 N–H and O–H groups in total. The summed E-state index contributed by atoms with van der Waals surface area (Å²) >= 11 is 0. The zero-order valence-corrected chi connectivity index (χ0v) is 34.4. The van der Waals surface area contributed by atoms with Gasteiger partial charge in [0.25, 0.3) is 0 Å². The van der Waals surface area contributed by atoms with E-state index in [0.29, 0.717) is 0 Å². The summed E-state index contributed by atoms with van der Waals surface area (Å²) in [5, 5.41) is 2.26. The summed E-state index contributed by atoms with van der Waals surface area (Å²) in [6.45, 7) is 0. The average Bonchev–Trinajstić information content (AvgIpc) is 3.86. The van der Waals surface area contributed by atoms with Crippen molar-refractivity contribution >= 4 is 39.0 Å². The van der Waals surface area contributed by atoms with Crippen molar-refractivity contribution in [2.45, 2.75) is 5.41 Å². The first-order chi connectivity index (χ1) is 31.3. The van der Waals surface area contributed by atoms with Crippen LogP contribution in [0.2, 0.25) is 0 Å². The maximum absolute atomic E-state index is 6.53. The van der Waals surface area contributed by atoms with Gasteiger partial charge in [0.1, 0.15) is 11.2 Å². The van der Waals surface area contributed by atoms with Crippen molar-refractivity contribution in [3.8, 4) is 55.6 Å². The Morgan fingerprint density at radius 3 is 1.49 bits per heavy atom. The Morgan fingerprint density at radius 1 is 0.302 bits per heavy atom. The van der Waals surface area contributed by atoms with Crippen LogP contribution in [-0.2, 0) is 5.41 Å². The molecule has 1 aromatic heterocycles. The van der Waals surface area contributed by atoms with E-state index in [9.17, 15) is 0 Å². The SMILES string of the molecule is c1ccc(-c2ccccc2N(c2ccc(-c3cccc4c3oc3ccccc34)cc2)c2cccc3c2-c2ccccc2C32c3ccccc3-c3ccccc3-c3ccccc32)cc1. The van der Waals surface area contributed by atoms with Crippen molar-refractivity contribution in [3.63, 3.8) is 0 Å². The van der Waals surface area contributed by atoms with Gasteiger partial charge < -0.3 is 9.32 Å². The van der Waals surface area contributed by atoms with Crippen LogP contribution in [0, 0.1) is 0 Å². The molecule has 63 heavy (non-hydrogen) atoms. The van der Waals surface area contributed by atoms with E-state index in [1.54, 1.807) is 0 Å². The highest BCUT2D eigenvalue weighted by molar-refractivity contribution is 6.10. The molecular weight excluding hydrogens is 763 g/mol. The van der Waals surface area contributed by atoms with E-state index in [-0.39, 0.29) is 0 Å². The van der Waals surface area contributed by atoms with Crippen LogP contribution in [0.4, 0.5) is 17.1 Å². The van der Waals surface area contributed by atoms with Crippen LogP contribution in [0.3, 0.4) is 0 Å². The minimum Gasteiger partial charge on any atom is -0.455 e. The minimum atomic E-state index is -0.589. The average molecular weight is 802 g/mol. The van der Waals surface area contributed by atoms with Gasteiger partial charge in [-0.3, -0.25) is 0 Å². The van der Waals surface area contributed by atoms with Gasteiger partial charge in [-0.15, -0.1) is 0 Å². The number of para-hydroxylation sites is 3. The van der Waals surface area contributed by atoms with Gasteiger partial charge >= 0.3 is 0 Å². The van der Waals surface area contributed by atoms with E-state index in [1.807, 2.05) is 6.07 Å². The second-order valence-corrected chi connectivity index (χ2v) is 16.7. The van der Waals surface area contributed by atoms with Crippen LogP contribution in [0.15, 0.2) is 241 Å². The number of nitrogens with zero attached hydrogens (tertiary/aromatic N) is 1. The number of benzene rings is 10. The quantitative estimate of drug-likeness (QED) is 0.172. The number of hydrogen-bond donors (Lipinski definition) is 0. The molecule has 2 nitrogen and oxygen atoms in total. The van der Waals surface area contributed by atoms with E-state index < -0.39 is 5.41 Å². The molecule has 0 fully saturated rings. The molecule has 13 rings (SSSR count). The van der Waals surface area contributed by atoms with Crippen molar-refractivity contribution in [3.05, 3.63) is 259 Å². The Labute approximate surface area is 366 Å².